The summed E-state index contributed by atoms with van der Waals surface area (Å²) in [5.41, 5.74) is 0. The van der Waals surface area contributed by atoms with Crippen LogP contribution < -0.4 is 5.32 Å². The topological polar surface area (TPSA) is 82.5 Å². The average Bonchev–Trinajstić information content (AvgIpc) is 3.28. The van der Waals surface area contributed by atoms with Crippen LogP contribution in [-0.2, 0) is 10.0 Å². The average molecular weight is 347 g/mol. The van der Waals surface area contributed by atoms with Crippen molar-refractivity contribution in [2.45, 2.75) is 30.2 Å². The summed E-state index contributed by atoms with van der Waals surface area (Å²) in [5.74, 6) is 0.635. The van der Waals surface area contributed by atoms with E-state index in [1.807, 2.05) is 0 Å². The monoisotopic (exact) mass is 347 g/mol. The highest BCUT2D eigenvalue weighted by molar-refractivity contribution is 7.89. The molecule has 24 heavy (non-hydrogen) atoms. The van der Waals surface area contributed by atoms with Gasteiger partial charge in [0.05, 0.1) is 6.20 Å². The molecule has 1 saturated carbocycles. The summed E-state index contributed by atoms with van der Waals surface area (Å²) in [7, 11) is -3.62. The van der Waals surface area contributed by atoms with Gasteiger partial charge in [-0.3, -0.25) is 0 Å². The fourth-order valence-electron chi connectivity index (χ4n) is 3.26. The molecule has 0 spiro atoms. The van der Waals surface area contributed by atoms with Crippen molar-refractivity contribution in [3.05, 3.63) is 30.5 Å². The maximum atomic E-state index is 13.0. The van der Waals surface area contributed by atoms with Crippen molar-refractivity contribution in [2.75, 3.05) is 19.6 Å². The van der Waals surface area contributed by atoms with Crippen LogP contribution in [0.1, 0.15) is 19.3 Å². The zero-order valence-electron chi connectivity index (χ0n) is 13.4. The molecule has 128 valence electrons. The van der Waals surface area contributed by atoms with E-state index >= 15 is 0 Å². The fraction of sp³-hybridized carbons (Fsp3) is 0.471. The van der Waals surface area contributed by atoms with Crippen LogP contribution in [0.25, 0.3) is 10.8 Å². The number of rotatable bonds is 5. The van der Waals surface area contributed by atoms with Crippen molar-refractivity contribution >= 4 is 20.8 Å². The van der Waals surface area contributed by atoms with Crippen LogP contribution >= 0.6 is 0 Å². The van der Waals surface area contributed by atoms with Gasteiger partial charge in [-0.05, 0) is 37.8 Å². The molecule has 1 atom stereocenters. The van der Waals surface area contributed by atoms with E-state index in [0.29, 0.717) is 23.9 Å². The van der Waals surface area contributed by atoms with Gasteiger partial charge >= 0.3 is 0 Å². The van der Waals surface area contributed by atoms with Gasteiger partial charge in [0.2, 0.25) is 15.9 Å². The van der Waals surface area contributed by atoms with Crippen molar-refractivity contribution in [2.24, 2.45) is 5.92 Å². The number of sulfonamides is 1. The lowest BCUT2D eigenvalue weighted by Crippen LogP contribution is -2.36. The van der Waals surface area contributed by atoms with E-state index in [2.05, 4.69) is 10.3 Å². The predicted octanol–water partition coefficient (Wildman–Crippen LogP) is 1.70. The number of aromatic nitrogens is 1. The Morgan fingerprint density at radius 3 is 2.71 bits per heavy atom. The summed E-state index contributed by atoms with van der Waals surface area (Å²) >= 11 is 0. The SMILES string of the molecule is O=S(=O)(c1cnc(O)c2ccccc12)N1CCC(NCC2CC2)C1. The zero-order chi connectivity index (χ0) is 16.7. The van der Waals surface area contributed by atoms with Gasteiger partial charge < -0.3 is 10.4 Å². The van der Waals surface area contributed by atoms with Crippen molar-refractivity contribution < 1.29 is 13.5 Å². The third-order valence-electron chi connectivity index (χ3n) is 4.90. The molecule has 7 heteroatoms. The van der Waals surface area contributed by atoms with Gasteiger partial charge in [-0.1, -0.05) is 18.2 Å². The van der Waals surface area contributed by atoms with Gasteiger partial charge in [0.1, 0.15) is 4.90 Å². The van der Waals surface area contributed by atoms with Gasteiger partial charge in [-0.15, -0.1) is 0 Å². The number of hydrogen-bond acceptors (Lipinski definition) is 5. The van der Waals surface area contributed by atoms with Crippen LogP contribution in [-0.4, -0.2) is 48.5 Å². The van der Waals surface area contributed by atoms with Crippen molar-refractivity contribution in [3.8, 4) is 5.88 Å². The Bertz CT molecular complexity index is 865. The minimum absolute atomic E-state index is 0.144. The summed E-state index contributed by atoms with van der Waals surface area (Å²) in [5, 5.41) is 14.3. The molecule has 0 bridgehead atoms. The number of pyridine rings is 1. The fourth-order valence-corrected chi connectivity index (χ4v) is 4.91. The largest absolute Gasteiger partial charge is 0.493 e. The normalized spacial score (nSPS) is 22.2. The summed E-state index contributed by atoms with van der Waals surface area (Å²) in [4.78, 5) is 4.03. The Morgan fingerprint density at radius 1 is 1.21 bits per heavy atom. The molecule has 2 aliphatic rings. The van der Waals surface area contributed by atoms with E-state index in [1.165, 1.54) is 23.3 Å². The minimum Gasteiger partial charge on any atom is -0.493 e. The molecule has 0 amide bonds. The van der Waals surface area contributed by atoms with Crippen molar-refractivity contribution in [1.82, 2.24) is 14.6 Å². The van der Waals surface area contributed by atoms with E-state index in [1.54, 1.807) is 24.3 Å². The number of hydrogen-bond donors (Lipinski definition) is 2. The molecule has 6 nitrogen and oxygen atoms in total. The molecule has 2 fully saturated rings. The van der Waals surface area contributed by atoms with Gasteiger partial charge in [0.15, 0.2) is 0 Å². The quantitative estimate of drug-likeness (QED) is 0.860. The van der Waals surface area contributed by atoms with Crippen LogP contribution in [0.15, 0.2) is 35.4 Å². The van der Waals surface area contributed by atoms with Gasteiger partial charge in [-0.2, -0.15) is 4.31 Å². The highest BCUT2D eigenvalue weighted by Crippen LogP contribution is 2.31. The van der Waals surface area contributed by atoms with Crippen LogP contribution in [0.2, 0.25) is 0 Å². The molecule has 1 unspecified atom stereocenters. The van der Waals surface area contributed by atoms with E-state index < -0.39 is 10.0 Å². The van der Waals surface area contributed by atoms with E-state index in [9.17, 15) is 13.5 Å². The Balaban J connectivity index is 1.60. The first kappa shape index (κ1) is 15.8. The molecule has 2 aromatic rings. The second-order valence-corrected chi connectivity index (χ2v) is 8.60. The lowest BCUT2D eigenvalue weighted by Gasteiger charge is -2.18. The zero-order valence-corrected chi connectivity index (χ0v) is 14.2. The first-order valence-electron chi connectivity index (χ1n) is 8.36. The molecule has 1 saturated heterocycles. The second kappa shape index (κ2) is 5.98. The number of nitrogens with one attached hydrogen (secondary N) is 1. The Hall–Kier alpha value is -1.70. The Labute approximate surface area is 141 Å². The summed E-state index contributed by atoms with van der Waals surface area (Å²) in [6, 6.07) is 7.14. The maximum Gasteiger partial charge on any atom is 0.245 e. The molecule has 4 rings (SSSR count). The lowest BCUT2D eigenvalue weighted by molar-refractivity contribution is 0.451. The van der Waals surface area contributed by atoms with Crippen molar-refractivity contribution in [1.29, 1.82) is 0 Å². The molecule has 1 aromatic heterocycles. The lowest BCUT2D eigenvalue weighted by atomic mass is 10.2. The minimum atomic E-state index is -3.62. The highest BCUT2D eigenvalue weighted by atomic mass is 32.2. The van der Waals surface area contributed by atoms with Crippen LogP contribution in [0.3, 0.4) is 0 Å². The predicted molar refractivity (Wildman–Crippen MR) is 91.3 cm³/mol. The third kappa shape index (κ3) is 2.87. The van der Waals surface area contributed by atoms with Crippen LogP contribution in [0.5, 0.6) is 5.88 Å². The molecule has 1 aliphatic carbocycles. The standard InChI is InChI=1S/C17H21N3O3S/c21-17-15-4-2-1-3-14(15)16(10-19-17)24(22,23)20-8-7-13(11-20)18-9-12-5-6-12/h1-4,10,12-13,18H,5-9,11H2,(H,19,21). The van der Waals surface area contributed by atoms with E-state index in [-0.39, 0.29) is 16.8 Å². The highest BCUT2D eigenvalue weighted by Gasteiger charge is 2.34. The molecule has 2 N–H and O–H groups in total. The van der Waals surface area contributed by atoms with Gasteiger partial charge in [0, 0.05) is 29.9 Å². The molecular weight excluding hydrogens is 326 g/mol. The summed E-state index contributed by atoms with van der Waals surface area (Å²) < 4.78 is 27.6. The van der Waals surface area contributed by atoms with Crippen LogP contribution in [0.4, 0.5) is 0 Å². The molecular formula is C17H21N3O3S. The van der Waals surface area contributed by atoms with Crippen molar-refractivity contribution in [3.63, 3.8) is 0 Å². The second-order valence-electron chi connectivity index (χ2n) is 6.69. The summed E-state index contributed by atoms with van der Waals surface area (Å²) in [6.45, 7) is 1.99. The number of benzene rings is 1. The number of nitrogens with zero attached hydrogens (tertiary/aromatic N) is 2. The van der Waals surface area contributed by atoms with Gasteiger partial charge in [0.25, 0.3) is 0 Å². The first-order valence-corrected chi connectivity index (χ1v) is 9.80. The molecule has 1 aromatic carbocycles. The third-order valence-corrected chi connectivity index (χ3v) is 6.79. The number of aromatic hydroxyl groups is 1. The number of fused-ring (bicyclic) bond motifs is 1. The smallest absolute Gasteiger partial charge is 0.245 e. The maximum absolute atomic E-state index is 13.0. The summed E-state index contributed by atoms with van der Waals surface area (Å²) in [6.07, 6.45) is 4.66. The first-order chi connectivity index (χ1) is 11.6. The molecule has 2 heterocycles. The van der Waals surface area contributed by atoms with Crippen LogP contribution in [0, 0.1) is 5.92 Å². The Morgan fingerprint density at radius 2 is 1.96 bits per heavy atom. The van der Waals surface area contributed by atoms with E-state index in [0.717, 1.165) is 18.9 Å². The molecule has 1 aliphatic heterocycles. The van der Waals surface area contributed by atoms with Gasteiger partial charge in [-0.25, -0.2) is 13.4 Å². The molecule has 0 radical (unpaired) electrons. The van der Waals surface area contributed by atoms with E-state index in [4.69, 9.17) is 0 Å². The Kier molecular flexibility index (Phi) is 3.94.